The summed E-state index contributed by atoms with van der Waals surface area (Å²) in [5.41, 5.74) is 0. The molecule has 0 saturated heterocycles. The van der Waals surface area contributed by atoms with Crippen molar-refractivity contribution in [3.8, 4) is 0 Å². The zero-order valence-electron chi connectivity index (χ0n) is 9.51. The number of methoxy groups -OCH3 is 1. The molecule has 0 aromatic carbocycles. The van der Waals surface area contributed by atoms with Crippen LogP contribution < -0.4 is 10.6 Å². The van der Waals surface area contributed by atoms with E-state index >= 15 is 0 Å². The second-order valence-corrected chi connectivity index (χ2v) is 4.25. The first-order valence-corrected chi connectivity index (χ1v) is 5.73. The highest BCUT2D eigenvalue weighted by Crippen LogP contribution is 2.18. The first kappa shape index (κ1) is 12.0. The second-order valence-electron chi connectivity index (χ2n) is 4.25. The third-order valence-electron chi connectivity index (χ3n) is 2.69. The first-order valence-electron chi connectivity index (χ1n) is 5.73. The Morgan fingerprint density at radius 1 is 1.43 bits per heavy atom. The van der Waals surface area contributed by atoms with Gasteiger partial charge in [0.15, 0.2) is 0 Å². The van der Waals surface area contributed by atoms with Gasteiger partial charge in [0.25, 0.3) is 0 Å². The van der Waals surface area contributed by atoms with Crippen molar-refractivity contribution in [3.63, 3.8) is 0 Å². The largest absolute Gasteiger partial charge is 0.384 e. The average molecular weight is 200 g/mol. The molecule has 0 radical (unpaired) electrons. The van der Waals surface area contributed by atoms with Gasteiger partial charge in [0, 0.05) is 13.2 Å². The smallest absolute Gasteiger partial charge is 0.0502 e. The maximum absolute atomic E-state index is 5.19. The lowest BCUT2D eigenvalue weighted by molar-refractivity contribution is 0.146. The zero-order valence-corrected chi connectivity index (χ0v) is 9.51. The van der Waals surface area contributed by atoms with E-state index in [-0.39, 0.29) is 0 Å². The zero-order chi connectivity index (χ0) is 10.2. The van der Waals surface area contributed by atoms with E-state index in [4.69, 9.17) is 4.74 Å². The van der Waals surface area contributed by atoms with Crippen molar-refractivity contribution >= 4 is 0 Å². The van der Waals surface area contributed by atoms with Crippen LogP contribution in [0.5, 0.6) is 0 Å². The van der Waals surface area contributed by atoms with Crippen LogP contribution in [0.3, 0.4) is 0 Å². The molecule has 84 valence electrons. The monoisotopic (exact) mass is 200 g/mol. The molecule has 0 aliphatic heterocycles. The van der Waals surface area contributed by atoms with Crippen LogP contribution in [0.15, 0.2) is 0 Å². The van der Waals surface area contributed by atoms with Crippen LogP contribution in [0.2, 0.25) is 0 Å². The highest BCUT2D eigenvalue weighted by Gasteiger charge is 2.19. The lowest BCUT2D eigenvalue weighted by Gasteiger charge is -2.15. The highest BCUT2D eigenvalue weighted by molar-refractivity contribution is 4.80. The molecule has 1 unspecified atom stereocenters. The van der Waals surface area contributed by atoms with E-state index in [2.05, 4.69) is 10.6 Å². The number of hydrogen-bond acceptors (Lipinski definition) is 3. The van der Waals surface area contributed by atoms with Crippen molar-refractivity contribution in [3.05, 3.63) is 0 Å². The third kappa shape index (κ3) is 5.58. The fraction of sp³-hybridized carbons (Fsp3) is 1.00. The van der Waals surface area contributed by atoms with E-state index in [0.717, 1.165) is 19.2 Å². The van der Waals surface area contributed by atoms with Crippen LogP contribution in [0.4, 0.5) is 0 Å². The summed E-state index contributed by atoms with van der Waals surface area (Å²) in [7, 11) is 3.79. The molecule has 2 N–H and O–H groups in total. The maximum atomic E-state index is 5.19. The minimum atomic E-state index is 0.672. The standard InChI is InChI=1S/C11H24N2O/c1-12-8-10(9-14-2)4-3-7-13-11-5-6-11/h10-13H,3-9H2,1-2H3. The molecule has 3 nitrogen and oxygen atoms in total. The molecule has 3 heteroatoms. The summed E-state index contributed by atoms with van der Waals surface area (Å²) in [5, 5.41) is 6.75. The van der Waals surface area contributed by atoms with E-state index < -0.39 is 0 Å². The minimum absolute atomic E-state index is 0.672. The van der Waals surface area contributed by atoms with Crippen LogP contribution in [-0.2, 0) is 4.74 Å². The SMILES string of the molecule is CNCC(CCCNC1CC1)COC. The molecular formula is C11H24N2O. The van der Waals surface area contributed by atoms with E-state index in [1.165, 1.54) is 32.2 Å². The number of nitrogens with one attached hydrogen (secondary N) is 2. The third-order valence-corrected chi connectivity index (χ3v) is 2.69. The quantitative estimate of drug-likeness (QED) is 0.545. The van der Waals surface area contributed by atoms with Gasteiger partial charge in [-0.15, -0.1) is 0 Å². The molecule has 1 aliphatic rings. The second kappa shape index (κ2) is 7.21. The molecule has 0 aromatic rings. The topological polar surface area (TPSA) is 33.3 Å². The summed E-state index contributed by atoms with van der Waals surface area (Å²) < 4.78 is 5.19. The van der Waals surface area contributed by atoms with Gasteiger partial charge in [-0.05, 0) is 51.7 Å². The Kier molecular flexibility index (Phi) is 6.15. The number of hydrogen-bond donors (Lipinski definition) is 2. The molecule has 0 aromatic heterocycles. The molecular weight excluding hydrogens is 176 g/mol. The van der Waals surface area contributed by atoms with Crippen molar-refractivity contribution in [2.45, 2.75) is 31.7 Å². The Hall–Kier alpha value is -0.120. The van der Waals surface area contributed by atoms with Crippen molar-refractivity contribution in [2.75, 3.05) is 33.9 Å². The first-order chi connectivity index (χ1) is 6.86. The lowest BCUT2D eigenvalue weighted by Crippen LogP contribution is -2.24. The predicted octanol–water partition coefficient (Wildman–Crippen LogP) is 1.00. The summed E-state index contributed by atoms with van der Waals surface area (Å²) in [6.45, 7) is 3.12. The number of ether oxygens (including phenoxy) is 1. The number of rotatable bonds is 9. The van der Waals surface area contributed by atoms with Crippen molar-refractivity contribution in [1.82, 2.24) is 10.6 Å². The Labute approximate surface area is 87.6 Å². The Morgan fingerprint density at radius 2 is 2.21 bits per heavy atom. The van der Waals surface area contributed by atoms with Crippen LogP contribution in [0, 0.1) is 5.92 Å². The van der Waals surface area contributed by atoms with Gasteiger partial charge in [-0.1, -0.05) is 0 Å². The van der Waals surface area contributed by atoms with Gasteiger partial charge in [-0.25, -0.2) is 0 Å². The average Bonchev–Trinajstić information content (AvgIpc) is 2.96. The fourth-order valence-corrected chi connectivity index (χ4v) is 1.75. The molecule has 0 amide bonds. The minimum Gasteiger partial charge on any atom is -0.384 e. The van der Waals surface area contributed by atoms with Crippen molar-refractivity contribution in [2.24, 2.45) is 5.92 Å². The van der Waals surface area contributed by atoms with Gasteiger partial charge in [-0.2, -0.15) is 0 Å². The molecule has 1 rings (SSSR count). The van der Waals surface area contributed by atoms with Crippen LogP contribution in [-0.4, -0.2) is 39.9 Å². The Balaban J connectivity index is 1.93. The van der Waals surface area contributed by atoms with E-state index in [0.29, 0.717) is 5.92 Å². The maximum Gasteiger partial charge on any atom is 0.0502 e. The van der Waals surface area contributed by atoms with E-state index in [9.17, 15) is 0 Å². The van der Waals surface area contributed by atoms with E-state index in [1.54, 1.807) is 7.11 Å². The summed E-state index contributed by atoms with van der Waals surface area (Å²) >= 11 is 0. The van der Waals surface area contributed by atoms with Crippen molar-refractivity contribution in [1.29, 1.82) is 0 Å². The van der Waals surface area contributed by atoms with E-state index in [1.807, 2.05) is 7.05 Å². The summed E-state index contributed by atoms with van der Waals surface area (Å²) in [6, 6.07) is 0.847. The van der Waals surface area contributed by atoms with Gasteiger partial charge < -0.3 is 15.4 Å². The highest BCUT2D eigenvalue weighted by atomic mass is 16.5. The van der Waals surface area contributed by atoms with Crippen LogP contribution in [0.1, 0.15) is 25.7 Å². The molecule has 1 saturated carbocycles. The van der Waals surface area contributed by atoms with Gasteiger partial charge in [0.05, 0.1) is 6.61 Å². The summed E-state index contributed by atoms with van der Waals surface area (Å²) in [6.07, 6.45) is 5.30. The molecule has 0 heterocycles. The molecule has 0 spiro atoms. The van der Waals surface area contributed by atoms with Gasteiger partial charge >= 0.3 is 0 Å². The Bertz CT molecular complexity index is 131. The predicted molar refractivity (Wildman–Crippen MR) is 59.6 cm³/mol. The van der Waals surface area contributed by atoms with Gasteiger partial charge in [0.2, 0.25) is 0 Å². The fourth-order valence-electron chi connectivity index (χ4n) is 1.75. The molecule has 1 aliphatic carbocycles. The van der Waals surface area contributed by atoms with Crippen LogP contribution in [0.25, 0.3) is 0 Å². The summed E-state index contributed by atoms with van der Waals surface area (Å²) in [4.78, 5) is 0. The molecule has 14 heavy (non-hydrogen) atoms. The molecule has 1 fully saturated rings. The molecule has 0 bridgehead atoms. The van der Waals surface area contributed by atoms with Gasteiger partial charge in [-0.3, -0.25) is 0 Å². The van der Waals surface area contributed by atoms with Crippen LogP contribution >= 0.6 is 0 Å². The van der Waals surface area contributed by atoms with Gasteiger partial charge in [0.1, 0.15) is 0 Å². The normalized spacial score (nSPS) is 18.4. The summed E-state index contributed by atoms with van der Waals surface area (Å²) in [5.74, 6) is 0.672. The van der Waals surface area contributed by atoms with Crippen molar-refractivity contribution < 1.29 is 4.74 Å². The lowest BCUT2D eigenvalue weighted by atomic mass is 10.0. The Morgan fingerprint density at radius 3 is 2.79 bits per heavy atom. The molecule has 1 atom stereocenters.